The van der Waals surface area contributed by atoms with E-state index in [0.29, 0.717) is 24.7 Å². The van der Waals surface area contributed by atoms with Crippen molar-refractivity contribution in [1.82, 2.24) is 4.90 Å². The Labute approximate surface area is 164 Å². The number of hydrogen-bond donors (Lipinski definition) is 2. The summed E-state index contributed by atoms with van der Waals surface area (Å²) in [4.78, 5) is 13.3. The maximum atomic E-state index is 11.6. The molecule has 4 nitrogen and oxygen atoms in total. The van der Waals surface area contributed by atoms with E-state index in [1.807, 2.05) is 18.2 Å². The van der Waals surface area contributed by atoms with Crippen LogP contribution < -0.4 is 0 Å². The first-order valence-electron chi connectivity index (χ1n) is 10.5. The maximum Gasteiger partial charge on any atom is 0.222 e. The summed E-state index contributed by atoms with van der Waals surface area (Å²) in [5.41, 5.74) is 1.49. The van der Waals surface area contributed by atoms with E-state index in [4.69, 9.17) is 0 Å². The van der Waals surface area contributed by atoms with Gasteiger partial charge in [-0.05, 0) is 56.8 Å². The van der Waals surface area contributed by atoms with E-state index in [1.165, 1.54) is 5.57 Å². The van der Waals surface area contributed by atoms with Crippen molar-refractivity contribution in [1.29, 1.82) is 0 Å². The molecule has 0 spiro atoms. The van der Waals surface area contributed by atoms with Crippen LogP contribution in [0.25, 0.3) is 0 Å². The van der Waals surface area contributed by atoms with Crippen LogP contribution in [0.5, 0.6) is 0 Å². The molecule has 2 aliphatic rings. The predicted octanol–water partition coefficient (Wildman–Crippen LogP) is 3.85. The van der Waals surface area contributed by atoms with Gasteiger partial charge in [0, 0.05) is 26.4 Å². The molecule has 0 aliphatic heterocycles. The molecule has 27 heavy (non-hydrogen) atoms. The van der Waals surface area contributed by atoms with Gasteiger partial charge in [-0.1, -0.05) is 42.9 Å². The van der Waals surface area contributed by atoms with Crippen molar-refractivity contribution in [2.45, 2.75) is 70.5 Å². The highest BCUT2D eigenvalue weighted by Crippen LogP contribution is 2.48. The maximum absolute atomic E-state index is 11.6. The van der Waals surface area contributed by atoms with Crippen LogP contribution in [-0.2, 0) is 4.79 Å². The van der Waals surface area contributed by atoms with Gasteiger partial charge in [-0.15, -0.1) is 0 Å². The Morgan fingerprint density at radius 2 is 2.11 bits per heavy atom. The molecule has 5 atom stereocenters. The lowest BCUT2D eigenvalue weighted by atomic mass is 9.88. The van der Waals surface area contributed by atoms with E-state index in [0.717, 1.165) is 38.5 Å². The molecule has 1 fully saturated rings. The first-order chi connectivity index (χ1) is 12.9. The van der Waals surface area contributed by atoms with Gasteiger partial charge in [0.1, 0.15) is 0 Å². The molecule has 0 radical (unpaired) electrons. The van der Waals surface area contributed by atoms with E-state index in [-0.39, 0.29) is 17.9 Å². The average Bonchev–Trinajstić information content (AvgIpc) is 3.13. The third-order valence-electron chi connectivity index (χ3n) is 5.92. The normalized spacial score (nSPS) is 28.7. The van der Waals surface area contributed by atoms with Crippen LogP contribution in [0.4, 0.5) is 0 Å². The number of carbonyl (C=O) groups is 1. The number of carbonyl (C=O) groups excluding carboxylic acids is 1. The molecular formula is C23H37NO3. The fraction of sp³-hybridized carbons (Fsp3) is 0.696. The minimum atomic E-state index is -0.470. The number of amides is 1. The molecule has 0 aromatic rings. The van der Waals surface area contributed by atoms with Gasteiger partial charge in [0.2, 0.25) is 5.91 Å². The van der Waals surface area contributed by atoms with Gasteiger partial charge < -0.3 is 15.1 Å². The summed E-state index contributed by atoms with van der Waals surface area (Å²) in [5.74, 6) is 1.27. The second-order valence-electron chi connectivity index (χ2n) is 8.30. The predicted molar refractivity (Wildman–Crippen MR) is 110 cm³/mol. The summed E-state index contributed by atoms with van der Waals surface area (Å²) >= 11 is 0. The number of unbranched alkanes of at least 4 members (excludes halogenated alkanes) is 1. The summed E-state index contributed by atoms with van der Waals surface area (Å²) in [7, 11) is 3.61. The highest BCUT2D eigenvalue weighted by molar-refractivity contribution is 5.75. The summed E-state index contributed by atoms with van der Waals surface area (Å²) in [6, 6.07) is 0. The van der Waals surface area contributed by atoms with E-state index in [9.17, 15) is 15.0 Å². The minimum Gasteiger partial charge on any atom is -0.392 e. The van der Waals surface area contributed by atoms with Crippen LogP contribution in [-0.4, -0.2) is 47.3 Å². The van der Waals surface area contributed by atoms with Gasteiger partial charge in [-0.3, -0.25) is 4.79 Å². The quantitative estimate of drug-likeness (QED) is 0.450. The highest BCUT2D eigenvalue weighted by atomic mass is 16.3. The third-order valence-corrected chi connectivity index (χ3v) is 5.92. The van der Waals surface area contributed by atoms with Gasteiger partial charge in [0.25, 0.3) is 0 Å². The van der Waals surface area contributed by atoms with Gasteiger partial charge in [0.15, 0.2) is 0 Å². The van der Waals surface area contributed by atoms with Crippen LogP contribution in [0.15, 0.2) is 36.0 Å². The van der Waals surface area contributed by atoms with Crippen molar-refractivity contribution in [3.05, 3.63) is 36.0 Å². The van der Waals surface area contributed by atoms with Crippen molar-refractivity contribution in [2.75, 3.05) is 14.1 Å². The number of allylic oxidation sites excluding steroid dienone is 3. The van der Waals surface area contributed by atoms with Crippen molar-refractivity contribution in [3.8, 4) is 0 Å². The Morgan fingerprint density at radius 1 is 1.33 bits per heavy atom. The molecule has 4 heteroatoms. The second-order valence-corrected chi connectivity index (χ2v) is 8.30. The van der Waals surface area contributed by atoms with Crippen LogP contribution in [0.2, 0.25) is 0 Å². The number of aliphatic hydroxyl groups is 2. The zero-order valence-corrected chi connectivity index (χ0v) is 17.2. The second kappa shape index (κ2) is 10.8. The van der Waals surface area contributed by atoms with E-state index < -0.39 is 6.10 Å². The first kappa shape index (κ1) is 21.9. The van der Waals surface area contributed by atoms with Crippen LogP contribution in [0.1, 0.15) is 58.3 Å². The SMILES string of the molecule is CC/C=C\C[C@@H](O)/C=C/[C@@H]1[C@H]2CC(CCCCC(=O)N(C)C)=C[C@H]2C[C@H]1O. The van der Waals surface area contributed by atoms with Gasteiger partial charge in [-0.25, -0.2) is 0 Å². The fourth-order valence-corrected chi connectivity index (χ4v) is 4.38. The Morgan fingerprint density at radius 3 is 2.81 bits per heavy atom. The Kier molecular flexibility index (Phi) is 8.78. The molecule has 0 saturated heterocycles. The lowest BCUT2D eigenvalue weighted by Gasteiger charge is -2.18. The molecule has 0 heterocycles. The highest BCUT2D eigenvalue weighted by Gasteiger charge is 2.43. The number of rotatable bonds is 10. The van der Waals surface area contributed by atoms with Gasteiger partial charge in [-0.2, -0.15) is 0 Å². The van der Waals surface area contributed by atoms with Gasteiger partial charge >= 0.3 is 0 Å². The molecule has 2 aliphatic carbocycles. The van der Waals surface area contributed by atoms with Crippen molar-refractivity contribution >= 4 is 5.91 Å². The zero-order valence-electron chi connectivity index (χ0n) is 17.2. The van der Waals surface area contributed by atoms with Crippen LogP contribution >= 0.6 is 0 Å². The van der Waals surface area contributed by atoms with Crippen molar-refractivity contribution in [3.63, 3.8) is 0 Å². The molecule has 1 saturated carbocycles. The summed E-state index contributed by atoms with van der Waals surface area (Å²) in [6.07, 6.45) is 16.8. The molecule has 0 bridgehead atoms. The number of aliphatic hydroxyl groups excluding tert-OH is 2. The molecule has 0 aromatic heterocycles. The zero-order chi connectivity index (χ0) is 19.8. The summed E-state index contributed by atoms with van der Waals surface area (Å²) in [5, 5.41) is 20.5. The molecule has 2 N–H and O–H groups in total. The molecule has 2 rings (SSSR count). The molecule has 0 aromatic carbocycles. The smallest absolute Gasteiger partial charge is 0.222 e. The van der Waals surface area contributed by atoms with Gasteiger partial charge in [0.05, 0.1) is 12.2 Å². The molecular weight excluding hydrogens is 338 g/mol. The lowest BCUT2D eigenvalue weighted by Crippen LogP contribution is -2.21. The van der Waals surface area contributed by atoms with Crippen molar-refractivity contribution in [2.24, 2.45) is 17.8 Å². The molecule has 0 unspecified atom stereocenters. The standard InChI is InChI=1S/C23H37NO3/c1-4-5-6-10-19(25)12-13-20-21-15-17(14-18(21)16-22(20)26)9-7-8-11-23(27)24(2)3/h5-6,12-14,18-22,25-26H,4,7-11,15-16H2,1-3H3/b6-5-,13-12+/t18-,19+,20+,21-,22+/m0/s1. The van der Waals surface area contributed by atoms with E-state index in [2.05, 4.69) is 19.1 Å². The van der Waals surface area contributed by atoms with E-state index in [1.54, 1.807) is 19.0 Å². The van der Waals surface area contributed by atoms with Crippen molar-refractivity contribution < 1.29 is 15.0 Å². The lowest BCUT2D eigenvalue weighted by molar-refractivity contribution is -0.128. The Balaban J connectivity index is 1.78. The molecule has 152 valence electrons. The summed E-state index contributed by atoms with van der Waals surface area (Å²) < 4.78 is 0. The number of fused-ring (bicyclic) bond motifs is 1. The topological polar surface area (TPSA) is 60.8 Å². The largest absolute Gasteiger partial charge is 0.392 e. The summed E-state index contributed by atoms with van der Waals surface area (Å²) in [6.45, 7) is 2.08. The average molecular weight is 376 g/mol. The third kappa shape index (κ3) is 6.62. The number of hydrogen-bond acceptors (Lipinski definition) is 3. The monoisotopic (exact) mass is 375 g/mol. The fourth-order valence-electron chi connectivity index (χ4n) is 4.38. The van der Waals surface area contributed by atoms with Crippen LogP contribution in [0, 0.1) is 17.8 Å². The minimum absolute atomic E-state index is 0.142. The Bertz CT molecular complexity index is 564. The Hall–Kier alpha value is -1.39. The molecule has 1 amide bonds. The van der Waals surface area contributed by atoms with Crippen LogP contribution in [0.3, 0.4) is 0 Å². The first-order valence-corrected chi connectivity index (χ1v) is 10.5. The van der Waals surface area contributed by atoms with E-state index >= 15 is 0 Å². The number of nitrogens with zero attached hydrogens (tertiary/aromatic N) is 1.